The number of nitrogens with zero attached hydrogens (tertiary/aromatic N) is 2. The molecule has 1 N–H and O–H groups in total. The largest absolute Gasteiger partial charge is 0.401 e. The third-order valence-electron chi connectivity index (χ3n) is 2.75. The fourth-order valence-corrected chi connectivity index (χ4v) is 2.56. The van der Waals surface area contributed by atoms with Crippen LogP contribution in [-0.4, -0.2) is 42.2 Å². The van der Waals surface area contributed by atoms with Crippen LogP contribution in [0.25, 0.3) is 0 Å². The normalized spacial score (nSPS) is 21.9. The first-order chi connectivity index (χ1) is 8.03. The topological polar surface area (TPSA) is 28.2 Å². The van der Waals surface area contributed by atoms with Crippen LogP contribution in [0.15, 0.2) is 11.6 Å². The summed E-state index contributed by atoms with van der Waals surface area (Å²) in [6.07, 6.45) is -1.57. The average Bonchev–Trinajstić information content (AvgIpc) is 2.82. The van der Waals surface area contributed by atoms with E-state index < -0.39 is 12.7 Å². The van der Waals surface area contributed by atoms with E-state index in [9.17, 15) is 13.2 Å². The lowest BCUT2D eigenvalue weighted by Crippen LogP contribution is -2.33. The van der Waals surface area contributed by atoms with Gasteiger partial charge in [0.15, 0.2) is 5.13 Å². The summed E-state index contributed by atoms with van der Waals surface area (Å²) in [5.74, 6) is 0.279. The maximum Gasteiger partial charge on any atom is 0.401 e. The molecule has 0 aromatic carbocycles. The van der Waals surface area contributed by atoms with Crippen molar-refractivity contribution in [1.82, 2.24) is 9.88 Å². The molecule has 0 amide bonds. The van der Waals surface area contributed by atoms with Gasteiger partial charge in [-0.25, -0.2) is 4.98 Å². The Bertz CT molecular complexity index is 339. The molecule has 96 valence electrons. The molecule has 0 spiro atoms. The second kappa shape index (κ2) is 5.22. The van der Waals surface area contributed by atoms with Crippen molar-refractivity contribution in [2.45, 2.75) is 12.6 Å². The lowest BCUT2D eigenvalue weighted by Gasteiger charge is -2.17. The van der Waals surface area contributed by atoms with E-state index in [0.717, 1.165) is 11.6 Å². The predicted octanol–water partition coefficient (Wildman–Crippen LogP) is 2.44. The van der Waals surface area contributed by atoms with Crippen LogP contribution in [0, 0.1) is 5.92 Å². The Morgan fingerprint density at radius 1 is 1.53 bits per heavy atom. The molecule has 1 aromatic heterocycles. The Morgan fingerprint density at radius 2 is 2.35 bits per heavy atom. The molecular formula is C10H14F3N3S. The van der Waals surface area contributed by atoms with Gasteiger partial charge < -0.3 is 5.32 Å². The second-order valence-corrected chi connectivity index (χ2v) is 5.12. The minimum atomic E-state index is -4.09. The smallest absolute Gasteiger partial charge is 0.361 e. The molecule has 0 aliphatic carbocycles. The number of hydrogen-bond acceptors (Lipinski definition) is 4. The summed E-state index contributed by atoms with van der Waals surface area (Å²) in [5.41, 5.74) is 0. The number of nitrogens with one attached hydrogen (secondary N) is 1. The molecule has 1 aliphatic rings. The lowest BCUT2D eigenvalue weighted by atomic mass is 10.1. The van der Waals surface area contributed by atoms with Crippen molar-refractivity contribution in [3.05, 3.63) is 11.6 Å². The molecule has 17 heavy (non-hydrogen) atoms. The first kappa shape index (κ1) is 12.6. The molecule has 1 aliphatic heterocycles. The van der Waals surface area contributed by atoms with Gasteiger partial charge in [0.1, 0.15) is 0 Å². The molecule has 7 heteroatoms. The number of anilines is 1. The molecule has 3 nitrogen and oxygen atoms in total. The van der Waals surface area contributed by atoms with Crippen LogP contribution in [-0.2, 0) is 0 Å². The third-order valence-corrected chi connectivity index (χ3v) is 3.48. The van der Waals surface area contributed by atoms with Gasteiger partial charge in [0.25, 0.3) is 0 Å². The minimum absolute atomic E-state index is 0.279. The molecule has 2 rings (SSSR count). The Morgan fingerprint density at radius 3 is 3.00 bits per heavy atom. The minimum Gasteiger partial charge on any atom is -0.361 e. The zero-order valence-electron chi connectivity index (χ0n) is 9.20. The van der Waals surface area contributed by atoms with E-state index in [2.05, 4.69) is 10.3 Å². The molecule has 1 saturated heterocycles. The molecule has 1 fully saturated rings. The zero-order valence-corrected chi connectivity index (χ0v) is 10.0. The first-order valence-electron chi connectivity index (χ1n) is 5.45. The summed E-state index contributed by atoms with van der Waals surface area (Å²) in [6, 6.07) is 0. The number of hydrogen-bond donors (Lipinski definition) is 1. The van der Waals surface area contributed by atoms with Crippen molar-refractivity contribution >= 4 is 16.5 Å². The van der Waals surface area contributed by atoms with Crippen LogP contribution in [0.3, 0.4) is 0 Å². The van der Waals surface area contributed by atoms with E-state index in [1.54, 1.807) is 6.20 Å². The van der Waals surface area contributed by atoms with E-state index in [1.807, 2.05) is 5.38 Å². The fraction of sp³-hybridized carbons (Fsp3) is 0.700. The van der Waals surface area contributed by atoms with Crippen molar-refractivity contribution in [3.63, 3.8) is 0 Å². The fourth-order valence-electron chi connectivity index (χ4n) is 2.02. The van der Waals surface area contributed by atoms with Gasteiger partial charge >= 0.3 is 6.18 Å². The molecule has 1 aromatic rings. The van der Waals surface area contributed by atoms with Gasteiger partial charge in [-0.05, 0) is 18.9 Å². The highest BCUT2D eigenvalue weighted by Gasteiger charge is 2.34. The molecule has 1 atom stereocenters. The van der Waals surface area contributed by atoms with Gasteiger partial charge in [0, 0.05) is 24.7 Å². The van der Waals surface area contributed by atoms with Gasteiger partial charge in [-0.1, -0.05) is 0 Å². The van der Waals surface area contributed by atoms with Crippen molar-refractivity contribution in [1.29, 1.82) is 0 Å². The Balaban J connectivity index is 1.71. The Kier molecular flexibility index (Phi) is 3.88. The second-order valence-electron chi connectivity index (χ2n) is 4.22. The number of alkyl halides is 3. The predicted molar refractivity (Wildman–Crippen MR) is 61.2 cm³/mol. The van der Waals surface area contributed by atoms with Crippen LogP contribution in [0.1, 0.15) is 6.42 Å². The van der Waals surface area contributed by atoms with E-state index in [-0.39, 0.29) is 5.92 Å². The highest BCUT2D eigenvalue weighted by atomic mass is 32.1. The SMILES string of the molecule is FC(F)(F)CN1CCC(CNc2nccs2)C1. The number of halogens is 3. The summed E-state index contributed by atoms with van der Waals surface area (Å²) in [7, 11) is 0. The average molecular weight is 265 g/mol. The third kappa shape index (κ3) is 4.16. The summed E-state index contributed by atoms with van der Waals surface area (Å²) < 4.78 is 36.5. The van der Waals surface area contributed by atoms with Gasteiger partial charge in [0.05, 0.1) is 6.54 Å². The number of thiazole rings is 1. The molecule has 0 bridgehead atoms. The monoisotopic (exact) mass is 265 g/mol. The van der Waals surface area contributed by atoms with Crippen LogP contribution in [0.4, 0.5) is 18.3 Å². The highest BCUT2D eigenvalue weighted by Crippen LogP contribution is 2.23. The first-order valence-corrected chi connectivity index (χ1v) is 6.33. The molecular weight excluding hydrogens is 251 g/mol. The maximum absolute atomic E-state index is 12.2. The van der Waals surface area contributed by atoms with Gasteiger partial charge in [-0.15, -0.1) is 11.3 Å². The summed E-state index contributed by atoms with van der Waals surface area (Å²) in [5, 5.41) is 5.85. The molecule has 0 saturated carbocycles. The summed E-state index contributed by atoms with van der Waals surface area (Å²) in [4.78, 5) is 5.54. The number of aromatic nitrogens is 1. The molecule has 0 radical (unpaired) electrons. The van der Waals surface area contributed by atoms with E-state index >= 15 is 0 Å². The zero-order chi connectivity index (χ0) is 12.3. The van der Waals surface area contributed by atoms with Crippen molar-refractivity contribution in [2.24, 2.45) is 5.92 Å². The lowest BCUT2D eigenvalue weighted by molar-refractivity contribution is -0.143. The van der Waals surface area contributed by atoms with Crippen LogP contribution < -0.4 is 5.32 Å². The standard InChI is InChI=1S/C10H14F3N3S/c11-10(12,13)7-16-3-1-8(6-16)5-15-9-14-2-4-17-9/h2,4,8H,1,3,5-7H2,(H,14,15). The van der Waals surface area contributed by atoms with Crippen molar-refractivity contribution in [2.75, 3.05) is 31.5 Å². The molecule has 2 heterocycles. The highest BCUT2D eigenvalue weighted by molar-refractivity contribution is 7.13. The van der Waals surface area contributed by atoms with Gasteiger partial charge in [-0.3, -0.25) is 4.90 Å². The van der Waals surface area contributed by atoms with Crippen LogP contribution >= 0.6 is 11.3 Å². The Hall–Kier alpha value is -0.820. The van der Waals surface area contributed by atoms with E-state index in [4.69, 9.17) is 0 Å². The van der Waals surface area contributed by atoms with Crippen molar-refractivity contribution < 1.29 is 13.2 Å². The van der Waals surface area contributed by atoms with Crippen LogP contribution in [0.2, 0.25) is 0 Å². The number of rotatable bonds is 4. The van der Waals surface area contributed by atoms with E-state index in [0.29, 0.717) is 19.6 Å². The van der Waals surface area contributed by atoms with E-state index in [1.165, 1.54) is 16.2 Å². The van der Waals surface area contributed by atoms with Crippen LogP contribution in [0.5, 0.6) is 0 Å². The Labute approximate surface area is 102 Å². The number of likely N-dealkylation sites (tertiary alicyclic amines) is 1. The molecule has 1 unspecified atom stereocenters. The van der Waals surface area contributed by atoms with Gasteiger partial charge in [0.2, 0.25) is 0 Å². The van der Waals surface area contributed by atoms with Crippen molar-refractivity contribution in [3.8, 4) is 0 Å². The maximum atomic E-state index is 12.2. The van der Waals surface area contributed by atoms with Gasteiger partial charge in [-0.2, -0.15) is 13.2 Å². The summed E-state index contributed by atoms with van der Waals surface area (Å²) in [6.45, 7) is 0.949. The summed E-state index contributed by atoms with van der Waals surface area (Å²) >= 11 is 1.50. The quantitative estimate of drug-likeness (QED) is 0.906.